The van der Waals surface area contributed by atoms with E-state index in [2.05, 4.69) is 0 Å². The normalized spacial score (nSPS) is 20.5. The van der Waals surface area contributed by atoms with Crippen molar-refractivity contribution in [3.05, 3.63) is 29.3 Å². The minimum Gasteiger partial charge on any atom is -0.494 e. The van der Waals surface area contributed by atoms with Crippen LogP contribution in [0.4, 0.5) is 0 Å². The van der Waals surface area contributed by atoms with Gasteiger partial charge in [-0.1, -0.05) is 18.0 Å². The van der Waals surface area contributed by atoms with Crippen LogP contribution < -0.4 is 10.5 Å². The molecule has 0 aromatic heterocycles. The van der Waals surface area contributed by atoms with Crippen LogP contribution >= 0.6 is 24.0 Å². The number of rotatable bonds is 6. The molecule has 6 heteroatoms. The Morgan fingerprint density at radius 3 is 2.70 bits per heavy atom. The maximum Gasteiger partial charge on any atom is 0.225 e. The Bertz CT molecular complexity index is 482. The highest BCUT2D eigenvalue weighted by Crippen LogP contribution is 2.24. The van der Waals surface area contributed by atoms with Crippen molar-refractivity contribution in [3.8, 4) is 5.75 Å². The molecule has 1 aromatic carbocycles. The van der Waals surface area contributed by atoms with Gasteiger partial charge in [0.1, 0.15) is 5.75 Å². The molecular weight excluding hydrogens is 335 g/mol. The van der Waals surface area contributed by atoms with Gasteiger partial charge in [0.05, 0.1) is 6.61 Å². The standard InChI is InChI=1S/C17H25ClN2O2.ClH/c1-20(17(21)13-4-2-5-15(19)12-13)10-3-11-22-16-8-6-14(18)7-9-16;/h6-9,13,15H,2-5,10-12,19H2,1H3;1H. The summed E-state index contributed by atoms with van der Waals surface area (Å²) in [7, 11) is 1.87. The van der Waals surface area contributed by atoms with Crippen molar-refractivity contribution in [2.45, 2.75) is 38.1 Å². The van der Waals surface area contributed by atoms with E-state index in [4.69, 9.17) is 22.1 Å². The molecule has 130 valence electrons. The van der Waals surface area contributed by atoms with Crippen LogP contribution in [0.2, 0.25) is 5.02 Å². The maximum absolute atomic E-state index is 12.4. The molecule has 1 amide bonds. The Morgan fingerprint density at radius 2 is 2.04 bits per heavy atom. The summed E-state index contributed by atoms with van der Waals surface area (Å²) in [6.07, 6.45) is 4.71. The van der Waals surface area contributed by atoms with Gasteiger partial charge >= 0.3 is 0 Å². The number of benzene rings is 1. The number of nitrogens with two attached hydrogens (primary N) is 1. The predicted molar refractivity (Wildman–Crippen MR) is 96.4 cm³/mol. The van der Waals surface area contributed by atoms with Crippen molar-refractivity contribution in [1.82, 2.24) is 4.90 Å². The van der Waals surface area contributed by atoms with Crippen molar-refractivity contribution in [2.24, 2.45) is 11.7 Å². The van der Waals surface area contributed by atoms with Crippen molar-refractivity contribution in [1.29, 1.82) is 0 Å². The Hall–Kier alpha value is -0.970. The predicted octanol–water partition coefficient (Wildman–Crippen LogP) is 3.51. The summed E-state index contributed by atoms with van der Waals surface area (Å²) in [5.41, 5.74) is 5.96. The molecule has 0 spiro atoms. The summed E-state index contributed by atoms with van der Waals surface area (Å²) < 4.78 is 5.64. The quantitative estimate of drug-likeness (QED) is 0.789. The highest BCUT2D eigenvalue weighted by molar-refractivity contribution is 6.30. The molecule has 0 aliphatic heterocycles. The molecule has 1 aliphatic carbocycles. The van der Waals surface area contributed by atoms with Gasteiger partial charge in [-0.3, -0.25) is 4.79 Å². The van der Waals surface area contributed by atoms with Crippen molar-refractivity contribution in [3.63, 3.8) is 0 Å². The van der Waals surface area contributed by atoms with Gasteiger partial charge in [0.15, 0.2) is 0 Å². The maximum atomic E-state index is 12.4. The van der Waals surface area contributed by atoms with Crippen LogP contribution in [0.15, 0.2) is 24.3 Å². The van der Waals surface area contributed by atoms with Gasteiger partial charge in [-0.2, -0.15) is 0 Å². The Kier molecular flexibility index (Phi) is 8.74. The molecule has 0 bridgehead atoms. The average molecular weight is 361 g/mol. The largest absolute Gasteiger partial charge is 0.494 e. The molecule has 1 fully saturated rings. The first kappa shape index (κ1) is 20.1. The third-order valence-corrected chi connectivity index (χ3v) is 4.41. The average Bonchev–Trinajstić information content (AvgIpc) is 2.52. The van der Waals surface area contributed by atoms with E-state index in [1.807, 2.05) is 24.1 Å². The van der Waals surface area contributed by atoms with Crippen LogP contribution in [0.25, 0.3) is 0 Å². The van der Waals surface area contributed by atoms with Gasteiger partial charge in [0.25, 0.3) is 0 Å². The lowest BCUT2D eigenvalue weighted by Gasteiger charge is -2.29. The Morgan fingerprint density at radius 1 is 1.35 bits per heavy atom. The first-order chi connectivity index (χ1) is 10.6. The number of carbonyl (C=O) groups is 1. The van der Waals surface area contributed by atoms with Crippen LogP contribution in [0, 0.1) is 5.92 Å². The molecule has 1 saturated carbocycles. The fraction of sp³-hybridized carbons (Fsp3) is 0.588. The summed E-state index contributed by atoms with van der Waals surface area (Å²) in [6, 6.07) is 7.49. The molecule has 2 unspecified atom stereocenters. The Labute approximate surface area is 149 Å². The van der Waals surface area contributed by atoms with E-state index < -0.39 is 0 Å². The minimum absolute atomic E-state index is 0. The minimum atomic E-state index is 0. The third kappa shape index (κ3) is 6.58. The second kappa shape index (κ2) is 10.0. The summed E-state index contributed by atoms with van der Waals surface area (Å²) in [4.78, 5) is 14.2. The smallest absolute Gasteiger partial charge is 0.225 e. The lowest BCUT2D eigenvalue weighted by atomic mass is 9.85. The molecule has 4 nitrogen and oxygen atoms in total. The number of nitrogens with zero attached hydrogens (tertiary/aromatic N) is 1. The van der Waals surface area contributed by atoms with Crippen molar-refractivity contribution < 1.29 is 9.53 Å². The highest BCUT2D eigenvalue weighted by atomic mass is 35.5. The number of amides is 1. The molecule has 0 radical (unpaired) electrons. The second-order valence-corrected chi connectivity index (χ2v) is 6.48. The fourth-order valence-corrected chi connectivity index (χ4v) is 3.02. The van der Waals surface area contributed by atoms with Gasteiger partial charge in [0, 0.05) is 30.6 Å². The molecule has 0 heterocycles. The van der Waals surface area contributed by atoms with E-state index in [1.54, 1.807) is 12.1 Å². The van der Waals surface area contributed by atoms with Crippen LogP contribution in [0.5, 0.6) is 5.75 Å². The molecular formula is C17H26Cl2N2O2. The Balaban J connectivity index is 0.00000264. The van der Waals surface area contributed by atoms with Crippen LogP contribution in [0.1, 0.15) is 32.1 Å². The van der Waals surface area contributed by atoms with E-state index in [0.717, 1.165) is 37.9 Å². The third-order valence-electron chi connectivity index (χ3n) is 4.16. The van der Waals surface area contributed by atoms with E-state index in [-0.39, 0.29) is 30.3 Å². The summed E-state index contributed by atoms with van der Waals surface area (Å²) in [5, 5.41) is 0.698. The zero-order valence-electron chi connectivity index (χ0n) is 13.5. The lowest BCUT2D eigenvalue weighted by Crippen LogP contribution is -2.39. The molecule has 2 rings (SSSR count). The van der Waals surface area contributed by atoms with Crippen LogP contribution in [-0.4, -0.2) is 37.0 Å². The molecule has 23 heavy (non-hydrogen) atoms. The van der Waals surface area contributed by atoms with Crippen molar-refractivity contribution >= 4 is 29.9 Å². The topological polar surface area (TPSA) is 55.6 Å². The number of hydrogen-bond donors (Lipinski definition) is 1. The van der Waals surface area contributed by atoms with Crippen LogP contribution in [-0.2, 0) is 4.79 Å². The van der Waals surface area contributed by atoms with Gasteiger partial charge in [-0.25, -0.2) is 0 Å². The monoisotopic (exact) mass is 360 g/mol. The number of halogens is 2. The number of hydrogen-bond acceptors (Lipinski definition) is 3. The fourth-order valence-electron chi connectivity index (χ4n) is 2.90. The SMILES string of the molecule is CN(CCCOc1ccc(Cl)cc1)C(=O)C1CCCC(N)C1.Cl. The summed E-state index contributed by atoms with van der Waals surface area (Å²) >= 11 is 5.82. The summed E-state index contributed by atoms with van der Waals surface area (Å²) in [6.45, 7) is 1.29. The summed E-state index contributed by atoms with van der Waals surface area (Å²) in [5.74, 6) is 1.13. The van der Waals surface area contributed by atoms with Gasteiger partial charge in [-0.05, 0) is 49.9 Å². The first-order valence-electron chi connectivity index (χ1n) is 7.95. The number of carbonyl (C=O) groups excluding carboxylic acids is 1. The highest BCUT2D eigenvalue weighted by Gasteiger charge is 2.27. The zero-order chi connectivity index (χ0) is 15.9. The first-order valence-corrected chi connectivity index (χ1v) is 8.33. The molecule has 1 aliphatic rings. The van der Waals surface area contributed by atoms with E-state index in [0.29, 0.717) is 18.2 Å². The molecule has 0 saturated heterocycles. The lowest BCUT2D eigenvalue weighted by molar-refractivity contribution is -0.135. The molecule has 1 aromatic rings. The van der Waals surface area contributed by atoms with Gasteiger partial charge < -0.3 is 15.4 Å². The van der Waals surface area contributed by atoms with E-state index in [1.165, 1.54) is 0 Å². The second-order valence-electron chi connectivity index (χ2n) is 6.04. The van der Waals surface area contributed by atoms with Gasteiger partial charge in [-0.15, -0.1) is 12.4 Å². The van der Waals surface area contributed by atoms with E-state index in [9.17, 15) is 4.79 Å². The zero-order valence-corrected chi connectivity index (χ0v) is 15.1. The van der Waals surface area contributed by atoms with Crippen molar-refractivity contribution in [2.75, 3.05) is 20.2 Å². The van der Waals surface area contributed by atoms with Crippen LogP contribution in [0.3, 0.4) is 0 Å². The molecule has 2 N–H and O–H groups in total. The number of ether oxygens (including phenoxy) is 1. The molecule has 2 atom stereocenters. The van der Waals surface area contributed by atoms with E-state index >= 15 is 0 Å². The van der Waals surface area contributed by atoms with Gasteiger partial charge in [0.2, 0.25) is 5.91 Å².